The number of rotatable bonds is 2. The third-order valence-corrected chi connectivity index (χ3v) is 5.38. The molecule has 24 heavy (non-hydrogen) atoms. The van der Waals surface area contributed by atoms with Gasteiger partial charge in [0.05, 0.1) is 0 Å². The first-order valence-corrected chi connectivity index (χ1v) is 9.00. The zero-order valence-electron chi connectivity index (χ0n) is 12.9. The standard InChI is InChI=1S/C18H16ClN3OS/c19-13-5-7-14(8-6-13)20-18(23)22-11-10-21-9-1-3-15(21)17(22)16-4-2-12-24-16/h1-9,12,17H,10-11H2,(H,20,23)/t17-/m1/s1. The minimum atomic E-state index is -0.0943. The highest BCUT2D eigenvalue weighted by molar-refractivity contribution is 7.10. The van der Waals surface area contributed by atoms with Crippen LogP contribution < -0.4 is 5.32 Å². The molecule has 0 bridgehead atoms. The predicted molar refractivity (Wildman–Crippen MR) is 97.8 cm³/mol. The van der Waals surface area contributed by atoms with Crippen LogP contribution in [0.15, 0.2) is 60.1 Å². The van der Waals surface area contributed by atoms with Gasteiger partial charge in [0.1, 0.15) is 6.04 Å². The molecule has 0 spiro atoms. The number of thiophene rings is 1. The number of urea groups is 1. The first kappa shape index (κ1) is 15.3. The van der Waals surface area contributed by atoms with Crippen LogP contribution >= 0.6 is 22.9 Å². The Morgan fingerprint density at radius 1 is 1.12 bits per heavy atom. The third kappa shape index (κ3) is 2.81. The van der Waals surface area contributed by atoms with Gasteiger partial charge >= 0.3 is 6.03 Å². The quantitative estimate of drug-likeness (QED) is 0.700. The van der Waals surface area contributed by atoms with Crippen LogP contribution in [0.25, 0.3) is 0 Å². The molecule has 3 heterocycles. The van der Waals surface area contributed by atoms with Crippen LogP contribution in [0, 0.1) is 0 Å². The summed E-state index contributed by atoms with van der Waals surface area (Å²) >= 11 is 7.58. The van der Waals surface area contributed by atoms with E-state index in [1.165, 1.54) is 4.88 Å². The van der Waals surface area contributed by atoms with E-state index in [1.54, 1.807) is 23.5 Å². The topological polar surface area (TPSA) is 37.3 Å². The molecule has 0 saturated heterocycles. The van der Waals surface area contributed by atoms with E-state index in [2.05, 4.69) is 28.2 Å². The first-order valence-electron chi connectivity index (χ1n) is 7.74. The van der Waals surface area contributed by atoms with Crippen molar-refractivity contribution in [1.29, 1.82) is 0 Å². The van der Waals surface area contributed by atoms with Gasteiger partial charge in [0.15, 0.2) is 0 Å². The molecule has 1 aromatic carbocycles. The third-order valence-electron chi connectivity index (χ3n) is 4.21. The average Bonchev–Trinajstić information content (AvgIpc) is 3.27. The Hall–Kier alpha value is -2.24. The maximum Gasteiger partial charge on any atom is 0.322 e. The number of nitrogens with zero attached hydrogens (tertiary/aromatic N) is 2. The maximum atomic E-state index is 12.9. The molecule has 1 aliphatic rings. The number of amides is 2. The Morgan fingerprint density at radius 3 is 2.71 bits per heavy atom. The molecule has 3 aromatic rings. The lowest BCUT2D eigenvalue weighted by atomic mass is 10.1. The van der Waals surface area contributed by atoms with Crippen LogP contribution in [0.3, 0.4) is 0 Å². The van der Waals surface area contributed by atoms with E-state index in [0.29, 0.717) is 11.6 Å². The van der Waals surface area contributed by atoms with E-state index in [4.69, 9.17) is 11.6 Å². The molecule has 6 heteroatoms. The Kier molecular flexibility index (Phi) is 4.04. The second-order valence-corrected chi connectivity index (χ2v) is 7.09. The number of anilines is 1. The summed E-state index contributed by atoms with van der Waals surface area (Å²) < 4.78 is 2.22. The van der Waals surface area contributed by atoms with Crippen LogP contribution in [0.5, 0.6) is 0 Å². The molecular formula is C18H16ClN3OS. The number of halogens is 1. The second kappa shape index (κ2) is 6.34. The lowest BCUT2D eigenvalue weighted by Gasteiger charge is -2.36. The van der Waals surface area contributed by atoms with Crippen molar-refractivity contribution in [2.24, 2.45) is 0 Å². The van der Waals surface area contributed by atoms with E-state index in [0.717, 1.165) is 17.9 Å². The minimum Gasteiger partial charge on any atom is -0.347 e. The minimum absolute atomic E-state index is 0.0546. The van der Waals surface area contributed by atoms with Gasteiger partial charge < -0.3 is 14.8 Å². The highest BCUT2D eigenvalue weighted by atomic mass is 35.5. The van der Waals surface area contributed by atoms with E-state index >= 15 is 0 Å². The number of aromatic nitrogens is 1. The summed E-state index contributed by atoms with van der Waals surface area (Å²) in [6, 6.07) is 15.3. The van der Waals surface area contributed by atoms with Crippen LogP contribution in [-0.4, -0.2) is 22.0 Å². The molecule has 4 rings (SSSR count). The highest BCUT2D eigenvalue weighted by Crippen LogP contribution is 2.35. The van der Waals surface area contributed by atoms with Gasteiger partial charge in [-0.25, -0.2) is 4.79 Å². The Balaban J connectivity index is 1.63. The van der Waals surface area contributed by atoms with Gasteiger partial charge in [-0.05, 0) is 47.8 Å². The zero-order chi connectivity index (χ0) is 16.5. The van der Waals surface area contributed by atoms with Crippen LogP contribution in [0.1, 0.15) is 16.6 Å². The summed E-state index contributed by atoms with van der Waals surface area (Å²) in [5.74, 6) is 0. The number of carbonyl (C=O) groups is 1. The Bertz CT molecular complexity index is 842. The molecular weight excluding hydrogens is 342 g/mol. The van der Waals surface area contributed by atoms with Gasteiger partial charge in [-0.1, -0.05) is 17.7 Å². The summed E-state index contributed by atoms with van der Waals surface area (Å²) in [7, 11) is 0. The van der Waals surface area contributed by atoms with Crippen LogP contribution in [0.4, 0.5) is 10.5 Å². The normalized spacial score (nSPS) is 16.7. The van der Waals surface area contributed by atoms with Crippen LogP contribution in [0.2, 0.25) is 5.02 Å². The molecule has 1 N–H and O–H groups in total. The highest BCUT2D eigenvalue weighted by Gasteiger charge is 2.32. The smallest absolute Gasteiger partial charge is 0.322 e. The number of nitrogens with one attached hydrogen (secondary N) is 1. The van der Waals surface area contributed by atoms with E-state index in [-0.39, 0.29) is 12.1 Å². The molecule has 0 aliphatic carbocycles. The number of hydrogen-bond acceptors (Lipinski definition) is 2. The van der Waals surface area contributed by atoms with Gasteiger partial charge in [0.25, 0.3) is 0 Å². The van der Waals surface area contributed by atoms with E-state index in [1.807, 2.05) is 34.5 Å². The second-order valence-electron chi connectivity index (χ2n) is 5.67. The van der Waals surface area contributed by atoms with E-state index < -0.39 is 0 Å². The Labute approximate surface area is 149 Å². The van der Waals surface area contributed by atoms with Crippen molar-refractivity contribution in [2.75, 3.05) is 11.9 Å². The summed E-state index contributed by atoms with van der Waals surface area (Å²) in [5, 5.41) is 5.68. The number of fused-ring (bicyclic) bond motifs is 1. The monoisotopic (exact) mass is 357 g/mol. The molecule has 1 aliphatic heterocycles. The lowest BCUT2D eigenvalue weighted by Crippen LogP contribution is -2.44. The summed E-state index contributed by atoms with van der Waals surface area (Å²) in [4.78, 5) is 15.9. The summed E-state index contributed by atoms with van der Waals surface area (Å²) in [6.45, 7) is 1.47. The molecule has 0 unspecified atom stereocenters. The van der Waals surface area contributed by atoms with Crippen molar-refractivity contribution in [3.63, 3.8) is 0 Å². The summed E-state index contributed by atoms with van der Waals surface area (Å²) in [6.07, 6.45) is 2.07. The number of hydrogen-bond donors (Lipinski definition) is 1. The largest absolute Gasteiger partial charge is 0.347 e. The molecule has 0 fully saturated rings. The molecule has 0 saturated carbocycles. The predicted octanol–water partition coefficient (Wildman–Crippen LogP) is 4.84. The van der Waals surface area contributed by atoms with Crippen molar-refractivity contribution < 1.29 is 4.79 Å². The molecule has 0 radical (unpaired) electrons. The number of benzene rings is 1. The average molecular weight is 358 g/mol. The molecule has 2 aromatic heterocycles. The molecule has 2 amide bonds. The van der Waals surface area contributed by atoms with Crippen molar-refractivity contribution >= 4 is 34.7 Å². The SMILES string of the molecule is O=C(Nc1ccc(Cl)cc1)N1CCn2cccc2[C@@H]1c1cccs1. The molecule has 4 nitrogen and oxygen atoms in total. The van der Waals surface area contributed by atoms with E-state index in [9.17, 15) is 4.79 Å². The van der Waals surface area contributed by atoms with Gasteiger partial charge in [0, 0.05) is 40.6 Å². The molecule has 1 atom stereocenters. The fourth-order valence-electron chi connectivity index (χ4n) is 3.08. The lowest BCUT2D eigenvalue weighted by molar-refractivity contribution is 0.183. The van der Waals surface area contributed by atoms with Crippen LogP contribution in [-0.2, 0) is 6.54 Å². The fourth-order valence-corrected chi connectivity index (χ4v) is 4.05. The first-order chi connectivity index (χ1) is 11.7. The Morgan fingerprint density at radius 2 is 1.96 bits per heavy atom. The number of carbonyl (C=O) groups excluding carboxylic acids is 1. The van der Waals surface area contributed by atoms with Crippen molar-refractivity contribution in [2.45, 2.75) is 12.6 Å². The van der Waals surface area contributed by atoms with Gasteiger partial charge in [-0.15, -0.1) is 11.3 Å². The van der Waals surface area contributed by atoms with Gasteiger partial charge in [-0.3, -0.25) is 0 Å². The maximum absolute atomic E-state index is 12.9. The molecule has 122 valence electrons. The van der Waals surface area contributed by atoms with Gasteiger partial charge in [-0.2, -0.15) is 0 Å². The van der Waals surface area contributed by atoms with Crippen molar-refractivity contribution in [3.8, 4) is 0 Å². The fraction of sp³-hybridized carbons (Fsp3) is 0.167. The zero-order valence-corrected chi connectivity index (χ0v) is 14.4. The van der Waals surface area contributed by atoms with Crippen molar-refractivity contribution in [3.05, 3.63) is 75.7 Å². The summed E-state index contributed by atoms with van der Waals surface area (Å²) in [5.41, 5.74) is 1.89. The van der Waals surface area contributed by atoms with Crippen molar-refractivity contribution in [1.82, 2.24) is 9.47 Å². The van der Waals surface area contributed by atoms with Gasteiger partial charge in [0.2, 0.25) is 0 Å².